The molecule has 0 aromatic heterocycles. The first-order chi connectivity index (χ1) is 15.0. The number of benzene rings is 2. The molecule has 32 heavy (non-hydrogen) atoms. The predicted octanol–water partition coefficient (Wildman–Crippen LogP) is 2.67. The Kier molecular flexibility index (Phi) is 8.83. The van der Waals surface area contributed by atoms with Crippen molar-refractivity contribution in [3.05, 3.63) is 65.2 Å². The molecule has 0 aliphatic heterocycles. The summed E-state index contributed by atoms with van der Waals surface area (Å²) in [6.07, 6.45) is 1.63. The minimum absolute atomic E-state index is 0.272. The second-order valence-corrected chi connectivity index (χ2v) is 9.84. The van der Waals surface area contributed by atoms with E-state index in [0.717, 1.165) is 27.3 Å². The number of aryl methyl sites for hydroxylation is 2. The largest absolute Gasteiger partial charge is 0.355 e. The highest BCUT2D eigenvalue weighted by atomic mass is 32.2. The summed E-state index contributed by atoms with van der Waals surface area (Å²) in [6.45, 7) is 7.67. The van der Waals surface area contributed by atoms with Crippen LogP contribution in [0.5, 0.6) is 0 Å². The number of carbonyl (C=O) groups is 2. The Morgan fingerprint density at radius 2 is 1.69 bits per heavy atom. The van der Waals surface area contributed by atoms with Crippen molar-refractivity contribution >= 4 is 27.5 Å². The summed E-state index contributed by atoms with van der Waals surface area (Å²) in [5.41, 5.74) is 3.42. The molecule has 0 aliphatic carbocycles. The molecule has 7 nitrogen and oxygen atoms in total. The van der Waals surface area contributed by atoms with E-state index in [0.29, 0.717) is 25.2 Å². The number of nitrogens with zero attached hydrogens (tertiary/aromatic N) is 2. The van der Waals surface area contributed by atoms with E-state index in [9.17, 15) is 18.0 Å². The van der Waals surface area contributed by atoms with Gasteiger partial charge < -0.3 is 10.2 Å². The number of carbonyl (C=O) groups excluding carboxylic acids is 2. The first kappa shape index (κ1) is 25.4. The van der Waals surface area contributed by atoms with Gasteiger partial charge in [-0.1, -0.05) is 36.4 Å². The molecule has 1 atom stereocenters. The standard InChI is InChI=1S/C24H33N3O4S/c1-6-25-24(29)20(4)26(15-14-21-10-8-7-9-11-21)23(28)17-27(32(5,30)31)22-13-12-18(2)19(3)16-22/h7-13,16,20H,6,14-15,17H2,1-5H3,(H,25,29)/t20-/m0/s1. The summed E-state index contributed by atoms with van der Waals surface area (Å²) in [7, 11) is -3.71. The van der Waals surface area contributed by atoms with E-state index >= 15 is 0 Å². The molecule has 0 spiro atoms. The number of hydrogen-bond donors (Lipinski definition) is 1. The molecule has 0 unspecified atom stereocenters. The molecule has 1 N–H and O–H groups in total. The minimum atomic E-state index is -3.71. The average molecular weight is 460 g/mol. The molecule has 0 heterocycles. The summed E-state index contributed by atoms with van der Waals surface area (Å²) in [5, 5.41) is 2.74. The van der Waals surface area contributed by atoms with E-state index in [4.69, 9.17) is 0 Å². The Morgan fingerprint density at radius 1 is 1.03 bits per heavy atom. The maximum absolute atomic E-state index is 13.3. The van der Waals surface area contributed by atoms with Crippen molar-refractivity contribution in [2.45, 2.75) is 40.2 Å². The lowest BCUT2D eigenvalue weighted by atomic mass is 10.1. The van der Waals surface area contributed by atoms with E-state index in [1.54, 1.807) is 19.1 Å². The number of sulfonamides is 1. The quantitative estimate of drug-likeness (QED) is 0.592. The molecular weight excluding hydrogens is 426 g/mol. The van der Waals surface area contributed by atoms with Gasteiger partial charge in [0.2, 0.25) is 21.8 Å². The topological polar surface area (TPSA) is 86.8 Å². The monoisotopic (exact) mass is 459 g/mol. The fourth-order valence-electron chi connectivity index (χ4n) is 3.39. The van der Waals surface area contributed by atoms with Crippen LogP contribution in [-0.2, 0) is 26.0 Å². The van der Waals surface area contributed by atoms with Gasteiger partial charge in [0.15, 0.2) is 0 Å². The van der Waals surface area contributed by atoms with Crippen molar-refractivity contribution in [3.8, 4) is 0 Å². The molecular formula is C24H33N3O4S. The third-order valence-electron chi connectivity index (χ3n) is 5.46. The van der Waals surface area contributed by atoms with E-state index in [-0.39, 0.29) is 12.5 Å². The van der Waals surface area contributed by atoms with Gasteiger partial charge in [0.25, 0.3) is 0 Å². The van der Waals surface area contributed by atoms with Gasteiger partial charge in [-0.05, 0) is 62.9 Å². The van der Waals surface area contributed by atoms with Gasteiger partial charge in [-0.25, -0.2) is 8.42 Å². The lowest BCUT2D eigenvalue weighted by molar-refractivity contribution is -0.138. The van der Waals surface area contributed by atoms with Gasteiger partial charge in [0.1, 0.15) is 12.6 Å². The Bertz CT molecular complexity index is 1040. The van der Waals surface area contributed by atoms with E-state index < -0.39 is 22.0 Å². The first-order valence-electron chi connectivity index (χ1n) is 10.7. The van der Waals surface area contributed by atoms with Crippen LogP contribution >= 0.6 is 0 Å². The summed E-state index contributed by atoms with van der Waals surface area (Å²) >= 11 is 0. The zero-order chi connectivity index (χ0) is 23.9. The molecule has 2 rings (SSSR count). The molecule has 0 saturated heterocycles. The van der Waals surface area contributed by atoms with Crippen LogP contribution in [0.1, 0.15) is 30.5 Å². The average Bonchev–Trinajstić information content (AvgIpc) is 2.74. The number of amides is 2. The smallest absolute Gasteiger partial charge is 0.244 e. The second-order valence-electron chi connectivity index (χ2n) is 7.93. The lowest BCUT2D eigenvalue weighted by Gasteiger charge is -2.31. The van der Waals surface area contributed by atoms with Gasteiger partial charge in [0, 0.05) is 13.1 Å². The van der Waals surface area contributed by atoms with Crippen molar-refractivity contribution in [1.82, 2.24) is 10.2 Å². The first-order valence-corrected chi connectivity index (χ1v) is 12.6. The van der Waals surface area contributed by atoms with Crippen molar-refractivity contribution < 1.29 is 18.0 Å². The molecule has 0 aliphatic rings. The Morgan fingerprint density at radius 3 is 2.25 bits per heavy atom. The van der Waals surface area contributed by atoms with Gasteiger partial charge in [-0.15, -0.1) is 0 Å². The Hall–Kier alpha value is -2.87. The summed E-state index contributed by atoms with van der Waals surface area (Å²) in [4.78, 5) is 27.3. The highest BCUT2D eigenvalue weighted by molar-refractivity contribution is 7.92. The normalized spacial score (nSPS) is 12.2. The Labute approximate surface area is 191 Å². The highest BCUT2D eigenvalue weighted by Crippen LogP contribution is 2.22. The van der Waals surface area contributed by atoms with E-state index in [1.165, 1.54) is 4.90 Å². The van der Waals surface area contributed by atoms with Gasteiger partial charge in [-0.2, -0.15) is 0 Å². The van der Waals surface area contributed by atoms with Gasteiger partial charge in [-0.3, -0.25) is 13.9 Å². The fourth-order valence-corrected chi connectivity index (χ4v) is 4.23. The summed E-state index contributed by atoms with van der Waals surface area (Å²) < 4.78 is 26.2. The fraction of sp³-hybridized carbons (Fsp3) is 0.417. The zero-order valence-electron chi connectivity index (χ0n) is 19.5. The predicted molar refractivity (Wildman–Crippen MR) is 128 cm³/mol. The van der Waals surface area contributed by atoms with Crippen molar-refractivity contribution in [2.75, 3.05) is 30.2 Å². The summed E-state index contributed by atoms with van der Waals surface area (Å²) in [6, 6.07) is 14.2. The maximum atomic E-state index is 13.3. The van der Waals surface area contributed by atoms with Crippen LogP contribution < -0.4 is 9.62 Å². The van der Waals surface area contributed by atoms with E-state index in [1.807, 2.05) is 57.2 Å². The van der Waals surface area contributed by atoms with Gasteiger partial charge in [0.05, 0.1) is 11.9 Å². The molecule has 2 aromatic rings. The van der Waals surface area contributed by atoms with Gasteiger partial charge >= 0.3 is 0 Å². The van der Waals surface area contributed by atoms with E-state index in [2.05, 4.69) is 5.32 Å². The lowest BCUT2D eigenvalue weighted by Crippen LogP contribution is -2.52. The number of hydrogen-bond acceptors (Lipinski definition) is 4. The molecule has 2 aromatic carbocycles. The highest BCUT2D eigenvalue weighted by Gasteiger charge is 2.29. The van der Waals surface area contributed by atoms with Crippen molar-refractivity contribution in [3.63, 3.8) is 0 Å². The van der Waals surface area contributed by atoms with Crippen LogP contribution in [0.15, 0.2) is 48.5 Å². The Balaban J connectivity index is 2.31. The molecule has 0 fully saturated rings. The van der Waals surface area contributed by atoms with Crippen LogP contribution in [0.4, 0.5) is 5.69 Å². The zero-order valence-corrected chi connectivity index (χ0v) is 20.3. The molecule has 0 bridgehead atoms. The molecule has 0 saturated carbocycles. The van der Waals surface area contributed by atoms with Crippen LogP contribution in [0.3, 0.4) is 0 Å². The number of rotatable bonds is 10. The number of anilines is 1. The number of nitrogens with one attached hydrogen (secondary N) is 1. The van der Waals surface area contributed by atoms with Crippen LogP contribution in [0.25, 0.3) is 0 Å². The molecule has 174 valence electrons. The maximum Gasteiger partial charge on any atom is 0.244 e. The molecule has 2 amide bonds. The third-order valence-corrected chi connectivity index (χ3v) is 6.60. The number of likely N-dealkylation sites (N-methyl/N-ethyl adjacent to an activating group) is 1. The van der Waals surface area contributed by atoms with Crippen molar-refractivity contribution in [1.29, 1.82) is 0 Å². The van der Waals surface area contributed by atoms with Crippen LogP contribution in [-0.4, -0.2) is 57.1 Å². The van der Waals surface area contributed by atoms with Crippen LogP contribution in [0, 0.1) is 13.8 Å². The van der Waals surface area contributed by atoms with Crippen molar-refractivity contribution in [2.24, 2.45) is 0 Å². The summed E-state index contributed by atoms with van der Waals surface area (Å²) in [5.74, 6) is -0.700. The SMILES string of the molecule is CCNC(=O)[C@H](C)N(CCc1ccccc1)C(=O)CN(c1ccc(C)c(C)c1)S(C)(=O)=O. The third kappa shape index (κ3) is 6.82. The molecule has 0 radical (unpaired) electrons. The molecule has 8 heteroatoms. The minimum Gasteiger partial charge on any atom is -0.355 e. The van der Waals surface area contributed by atoms with Crippen LogP contribution in [0.2, 0.25) is 0 Å². The second kappa shape index (κ2) is 11.1.